The minimum atomic E-state index is -4.68. The maximum atomic E-state index is 13.7. The topological polar surface area (TPSA) is 63.2 Å². The molecule has 0 atom stereocenters. The van der Waals surface area contributed by atoms with Gasteiger partial charge in [0.05, 0.1) is 10.5 Å². The van der Waals surface area contributed by atoms with Gasteiger partial charge in [0, 0.05) is 17.7 Å². The first-order valence-corrected chi connectivity index (χ1v) is 8.45. The van der Waals surface area contributed by atoms with Crippen molar-refractivity contribution in [1.29, 1.82) is 0 Å². The van der Waals surface area contributed by atoms with Gasteiger partial charge in [-0.15, -0.1) is 0 Å². The fraction of sp³-hybridized carbons (Fsp3) is 0.188. The number of hydrogen-bond acceptors (Lipinski definition) is 3. The molecule has 134 valence electrons. The molecule has 0 unspecified atom stereocenters. The Hall–Kier alpha value is -2.26. The van der Waals surface area contributed by atoms with Crippen molar-refractivity contribution >= 4 is 15.8 Å². The second-order valence-corrected chi connectivity index (χ2v) is 6.98. The molecule has 0 heterocycles. The van der Waals surface area contributed by atoms with Crippen LogP contribution in [0.5, 0.6) is 0 Å². The third-order valence-electron chi connectivity index (χ3n) is 3.40. The van der Waals surface area contributed by atoms with Crippen LogP contribution < -0.4 is 4.72 Å². The van der Waals surface area contributed by atoms with Crippen LogP contribution in [0, 0.1) is 5.82 Å². The lowest BCUT2D eigenvalue weighted by atomic mass is 10.1. The van der Waals surface area contributed by atoms with E-state index in [0.717, 1.165) is 6.07 Å². The van der Waals surface area contributed by atoms with Gasteiger partial charge in [-0.3, -0.25) is 4.79 Å². The van der Waals surface area contributed by atoms with Gasteiger partial charge in [0.15, 0.2) is 5.78 Å². The van der Waals surface area contributed by atoms with Crippen LogP contribution in [0.4, 0.5) is 17.6 Å². The number of carbonyl (C=O) groups excluding carboxylic acids is 1. The summed E-state index contributed by atoms with van der Waals surface area (Å²) in [5, 5.41) is 0. The Morgan fingerprint density at radius 1 is 1.08 bits per heavy atom. The van der Waals surface area contributed by atoms with Gasteiger partial charge in [0.25, 0.3) is 0 Å². The number of hydrogen-bond donors (Lipinski definition) is 1. The standard InChI is InChI=1S/C16H13F4NO3S/c1-10(22)11-3-6-14(7-4-11)25(23,24)21-9-12-2-5-13(8-15(12)17)16(18,19)20/h2-8,21H,9H2,1H3. The number of ketones is 1. The molecule has 1 N–H and O–H groups in total. The highest BCUT2D eigenvalue weighted by Crippen LogP contribution is 2.30. The zero-order chi connectivity index (χ0) is 18.8. The summed E-state index contributed by atoms with van der Waals surface area (Å²) in [5.74, 6) is -1.40. The first-order valence-electron chi connectivity index (χ1n) is 6.97. The third-order valence-corrected chi connectivity index (χ3v) is 4.82. The molecule has 0 aliphatic heterocycles. The largest absolute Gasteiger partial charge is 0.416 e. The number of rotatable bonds is 5. The second-order valence-electron chi connectivity index (χ2n) is 5.21. The van der Waals surface area contributed by atoms with E-state index in [1.807, 2.05) is 0 Å². The number of carbonyl (C=O) groups is 1. The summed E-state index contributed by atoms with van der Waals surface area (Å²) in [6.45, 7) is 0.815. The molecule has 2 aromatic carbocycles. The molecule has 0 aromatic heterocycles. The molecule has 0 spiro atoms. The molecule has 9 heteroatoms. The van der Waals surface area contributed by atoms with Crippen LogP contribution in [0.3, 0.4) is 0 Å². The number of Topliss-reactive ketones (excluding diaryl/α,β-unsaturated/α-hetero) is 1. The summed E-state index contributed by atoms with van der Waals surface area (Å²) in [4.78, 5) is 11.0. The smallest absolute Gasteiger partial charge is 0.295 e. The Bertz CT molecular complexity index is 891. The van der Waals surface area contributed by atoms with Gasteiger partial charge < -0.3 is 0 Å². The van der Waals surface area contributed by atoms with Crippen molar-refractivity contribution in [3.8, 4) is 0 Å². The molecular formula is C16H13F4NO3S. The van der Waals surface area contributed by atoms with Crippen molar-refractivity contribution < 1.29 is 30.8 Å². The summed E-state index contributed by atoms with van der Waals surface area (Å²) in [6, 6.07) is 6.94. The highest BCUT2D eigenvalue weighted by molar-refractivity contribution is 7.89. The van der Waals surface area contributed by atoms with E-state index in [4.69, 9.17) is 0 Å². The highest BCUT2D eigenvalue weighted by Gasteiger charge is 2.31. The van der Waals surface area contributed by atoms with E-state index in [1.165, 1.54) is 31.2 Å². The molecule has 2 aromatic rings. The summed E-state index contributed by atoms with van der Waals surface area (Å²) in [5.41, 5.74) is -1.05. The molecule has 2 rings (SSSR count). The first-order chi connectivity index (χ1) is 11.5. The molecular weight excluding hydrogens is 362 g/mol. The minimum absolute atomic E-state index is 0.148. The predicted molar refractivity (Wildman–Crippen MR) is 81.9 cm³/mol. The summed E-state index contributed by atoms with van der Waals surface area (Å²) in [7, 11) is -4.01. The lowest BCUT2D eigenvalue weighted by molar-refractivity contribution is -0.137. The molecule has 0 aliphatic carbocycles. The number of benzene rings is 2. The summed E-state index contributed by atoms with van der Waals surface area (Å²) < 4.78 is 77.5. The molecule has 0 amide bonds. The summed E-state index contributed by atoms with van der Waals surface area (Å²) >= 11 is 0. The van der Waals surface area contributed by atoms with E-state index in [2.05, 4.69) is 4.72 Å². The average Bonchev–Trinajstić information content (AvgIpc) is 2.53. The molecule has 0 radical (unpaired) electrons. The SMILES string of the molecule is CC(=O)c1ccc(S(=O)(=O)NCc2ccc(C(F)(F)F)cc2F)cc1. The van der Waals surface area contributed by atoms with E-state index in [1.54, 1.807) is 0 Å². The molecule has 0 saturated heterocycles. The molecule has 0 saturated carbocycles. The van der Waals surface area contributed by atoms with E-state index in [-0.39, 0.29) is 16.2 Å². The molecule has 0 aliphatic rings. The Morgan fingerprint density at radius 3 is 2.16 bits per heavy atom. The minimum Gasteiger partial charge on any atom is -0.295 e. The average molecular weight is 375 g/mol. The van der Waals surface area contributed by atoms with Crippen LogP contribution in [0.25, 0.3) is 0 Å². The zero-order valence-electron chi connectivity index (χ0n) is 12.9. The maximum Gasteiger partial charge on any atom is 0.416 e. The van der Waals surface area contributed by atoms with Gasteiger partial charge in [0.1, 0.15) is 5.82 Å². The Morgan fingerprint density at radius 2 is 1.68 bits per heavy atom. The number of halogens is 4. The lowest BCUT2D eigenvalue weighted by Crippen LogP contribution is -2.24. The fourth-order valence-electron chi connectivity index (χ4n) is 1.99. The van der Waals surface area contributed by atoms with Crippen molar-refractivity contribution in [3.63, 3.8) is 0 Å². The molecule has 4 nitrogen and oxygen atoms in total. The highest BCUT2D eigenvalue weighted by atomic mass is 32.2. The van der Waals surface area contributed by atoms with Crippen LogP contribution in [-0.4, -0.2) is 14.2 Å². The van der Waals surface area contributed by atoms with Gasteiger partial charge in [-0.05, 0) is 31.2 Å². The van der Waals surface area contributed by atoms with Crippen molar-refractivity contribution in [2.75, 3.05) is 0 Å². The normalized spacial score (nSPS) is 12.2. The van der Waals surface area contributed by atoms with Gasteiger partial charge in [-0.25, -0.2) is 17.5 Å². The van der Waals surface area contributed by atoms with E-state index in [9.17, 15) is 30.8 Å². The number of nitrogens with one attached hydrogen (secondary N) is 1. The van der Waals surface area contributed by atoms with E-state index in [0.29, 0.717) is 17.7 Å². The van der Waals surface area contributed by atoms with Gasteiger partial charge >= 0.3 is 6.18 Å². The Kier molecular flexibility index (Phi) is 5.28. The monoisotopic (exact) mass is 375 g/mol. The van der Waals surface area contributed by atoms with Crippen LogP contribution in [-0.2, 0) is 22.7 Å². The quantitative estimate of drug-likeness (QED) is 0.642. The van der Waals surface area contributed by atoms with Crippen molar-refractivity contribution in [1.82, 2.24) is 4.72 Å². The van der Waals surface area contributed by atoms with Crippen molar-refractivity contribution in [3.05, 3.63) is 65.0 Å². The fourth-order valence-corrected chi connectivity index (χ4v) is 3.00. The van der Waals surface area contributed by atoms with Gasteiger partial charge in [-0.2, -0.15) is 13.2 Å². The van der Waals surface area contributed by atoms with Crippen molar-refractivity contribution in [2.24, 2.45) is 0 Å². The third kappa shape index (κ3) is 4.64. The maximum absolute atomic E-state index is 13.7. The molecule has 25 heavy (non-hydrogen) atoms. The van der Waals surface area contributed by atoms with Crippen LogP contribution >= 0.6 is 0 Å². The van der Waals surface area contributed by atoms with E-state index < -0.39 is 34.1 Å². The van der Waals surface area contributed by atoms with Crippen LogP contribution in [0.1, 0.15) is 28.4 Å². The van der Waals surface area contributed by atoms with Crippen molar-refractivity contribution in [2.45, 2.75) is 24.5 Å². The van der Waals surface area contributed by atoms with Crippen LogP contribution in [0.2, 0.25) is 0 Å². The molecule has 0 fully saturated rings. The summed E-state index contributed by atoms with van der Waals surface area (Å²) in [6.07, 6.45) is -4.68. The van der Waals surface area contributed by atoms with Crippen LogP contribution in [0.15, 0.2) is 47.4 Å². The number of alkyl halides is 3. The predicted octanol–water partition coefficient (Wildman–Crippen LogP) is 3.53. The first kappa shape index (κ1) is 19.1. The number of sulfonamides is 1. The van der Waals surface area contributed by atoms with Gasteiger partial charge in [-0.1, -0.05) is 18.2 Å². The lowest BCUT2D eigenvalue weighted by Gasteiger charge is -2.10. The molecule has 0 bridgehead atoms. The Balaban J connectivity index is 2.15. The second kappa shape index (κ2) is 6.93. The van der Waals surface area contributed by atoms with Gasteiger partial charge in [0.2, 0.25) is 10.0 Å². The zero-order valence-corrected chi connectivity index (χ0v) is 13.7. The van der Waals surface area contributed by atoms with E-state index >= 15 is 0 Å². The Labute approximate surface area is 141 Å².